The Labute approximate surface area is 160 Å². The maximum absolute atomic E-state index is 12.6. The van der Waals surface area contributed by atoms with Crippen LogP contribution in [0.4, 0.5) is 0 Å². The highest BCUT2D eigenvalue weighted by molar-refractivity contribution is 6.30. The quantitative estimate of drug-likeness (QED) is 0.505. The SMILES string of the molecule is O=C(OCc1cc2ccccc2nc1Cl)[C@@H]1CCCN1C(=O)c1ccco1. The molecule has 4 rings (SSSR count). The number of ether oxygens (including phenoxy) is 1. The first-order chi connectivity index (χ1) is 13.1. The predicted molar refractivity (Wildman–Crippen MR) is 99.3 cm³/mol. The molecule has 0 spiro atoms. The first kappa shape index (κ1) is 17.5. The van der Waals surface area contributed by atoms with Crippen molar-refractivity contribution in [2.75, 3.05) is 6.54 Å². The first-order valence-corrected chi connectivity index (χ1v) is 9.06. The van der Waals surface area contributed by atoms with Gasteiger partial charge in [0.15, 0.2) is 5.76 Å². The Morgan fingerprint density at radius 3 is 2.93 bits per heavy atom. The smallest absolute Gasteiger partial charge is 0.329 e. The van der Waals surface area contributed by atoms with Gasteiger partial charge in [0.1, 0.15) is 17.8 Å². The maximum atomic E-state index is 12.6. The van der Waals surface area contributed by atoms with Crippen molar-refractivity contribution in [3.05, 3.63) is 65.2 Å². The number of carbonyl (C=O) groups excluding carboxylic acids is 2. The molecule has 0 N–H and O–H groups in total. The van der Waals surface area contributed by atoms with Gasteiger partial charge in [-0.15, -0.1) is 0 Å². The van der Waals surface area contributed by atoms with Crippen LogP contribution in [0.3, 0.4) is 0 Å². The summed E-state index contributed by atoms with van der Waals surface area (Å²) in [6.45, 7) is 0.506. The van der Waals surface area contributed by atoms with Crippen LogP contribution < -0.4 is 0 Å². The van der Waals surface area contributed by atoms with E-state index in [0.29, 0.717) is 23.7 Å². The first-order valence-electron chi connectivity index (χ1n) is 8.69. The molecule has 6 nitrogen and oxygen atoms in total. The summed E-state index contributed by atoms with van der Waals surface area (Å²) in [5, 5.41) is 1.22. The number of para-hydroxylation sites is 1. The van der Waals surface area contributed by atoms with Crippen LogP contribution in [0, 0.1) is 0 Å². The van der Waals surface area contributed by atoms with E-state index in [1.807, 2.05) is 30.3 Å². The number of likely N-dealkylation sites (tertiary alicyclic amines) is 1. The Kier molecular flexibility index (Phi) is 4.81. The lowest BCUT2D eigenvalue weighted by Gasteiger charge is -2.22. The summed E-state index contributed by atoms with van der Waals surface area (Å²) in [5.74, 6) is -0.530. The molecule has 1 fully saturated rings. The number of aromatic nitrogens is 1. The molecule has 138 valence electrons. The summed E-state index contributed by atoms with van der Waals surface area (Å²) < 4.78 is 10.6. The van der Waals surface area contributed by atoms with Crippen molar-refractivity contribution in [2.45, 2.75) is 25.5 Å². The fourth-order valence-electron chi connectivity index (χ4n) is 3.28. The Hall–Kier alpha value is -2.86. The highest BCUT2D eigenvalue weighted by Gasteiger charge is 2.36. The number of benzene rings is 1. The monoisotopic (exact) mass is 384 g/mol. The van der Waals surface area contributed by atoms with E-state index in [9.17, 15) is 9.59 Å². The molecule has 1 aliphatic rings. The van der Waals surface area contributed by atoms with Crippen molar-refractivity contribution in [1.82, 2.24) is 9.88 Å². The normalized spacial score (nSPS) is 16.6. The van der Waals surface area contributed by atoms with Gasteiger partial charge in [-0.3, -0.25) is 4.79 Å². The van der Waals surface area contributed by atoms with E-state index in [1.165, 1.54) is 11.2 Å². The average molecular weight is 385 g/mol. The molecule has 0 aliphatic carbocycles. The third kappa shape index (κ3) is 3.53. The Balaban J connectivity index is 1.46. The van der Waals surface area contributed by atoms with E-state index >= 15 is 0 Å². The van der Waals surface area contributed by atoms with Gasteiger partial charge in [0, 0.05) is 17.5 Å². The summed E-state index contributed by atoms with van der Waals surface area (Å²) in [6.07, 6.45) is 2.74. The molecule has 3 aromatic rings. The minimum atomic E-state index is -0.616. The third-order valence-corrected chi connectivity index (χ3v) is 4.96. The van der Waals surface area contributed by atoms with Crippen molar-refractivity contribution in [3.8, 4) is 0 Å². The van der Waals surface area contributed by atoms with Crippen LogP contribution in [0.1, 0.15) is 29.0 Å². The van der Waals surface area contributed by atoms with E-state index < -0.39 is 12.0 Å². The molecule has 1 amide bonds. The Morgan fingerprint density at radius 2 is 2.11 bits per heavy atom. The number of amides is 1. The van der Waals surface area contributed by atoms with Crippen LogP contribution >= 0.6 is 11.6 Å². The molecule has 1 aromatic carbocycles. The van der Waals surface area contributed by atoms with E-state index in [4.69, 9.17) is 20.8 Å². The molecule has 0 bridgehead atoms. The molecule has 0 radical (unpaired) electrons. The number of esters is 1. The minimum Gasteiger partial charge on any atom is -0.459 e. The average Bonchev–Trinajstić information content (AvgIpc) is 3.37. The van der Waals surface area contributed by atoms with Crippen LogP contribution in [0.25, 0.3) is 10.9 Å². The number of carbonyl (C=O) groups is 2. The van der Waals surface area contributed by atoms with Crippen LogP contribution in [0.15, 0.2) is 53.1 Å². The molecule has 1 atom stereocenters. The fourth-order valence-corrected chi connectivity index (χ4v) is 3.48. The molecule has 2 aromatic heterocycles. The zero-order chi connectivity index (χ0) is 18.8. The molecule has 27 heavy (non-hydrogen) atoms. The topological polar surface area (TPSA) is 72.6 Å². The molecule has 0 unspecified atom stereocenters. The van der Waals surface area contributed by atoms with Gasteiger partial charge < -0.3 is 14.1 Å². The summed E-state index contributed by atoms with van der Waals surface area (Å²) >= 11 is 6.21. The van der Waals surface area contributed by atoms with Crippen LogP contribution in [-0.4, -0.2) is 34.3 Å². The van der Waals surface area contributed by atoms with Gasteiger partial charge in [-0.25, -0.2) is 9.78 Å². The largest absolute Gasteiger partial charge is 0.459 e. The van der Waals surface area contributed by atoms with Gasteiger partial charge in [0.05, 0.1) is 11.8 Å². The van der Waals surface area contributed by atoms with Crippen molar-refractivity contribution in [1.29, 1.82) is 0 Å². The third-order valence-electron chi connectivity index (χ3n) is 4.64. The fraction of sp³-hybridized carbons (Fsp3) is 0.250. The highest BCUT2D eigenvalue weighted by Crippen LogP contribution is 2.24. The summed E-state index contributed by atoms with van der Waals surface area (Å²) in [7, 11) is 0. The second-order valence-corrected chi connectivity index (χ2v) is 6.73. The summed E-state index contributed by atoms with van der Waals surface area (Å²) in [6, 6.07) is 12.1. The molecular weight excluding hydrogens is 368 g/mol. The zero-order valence-electron chi connectivity index (χ0n) is 14.4. The number of hydrogen-bond acceptors (Lipinski definition) is 5. The number of rotatable bonds is 4. The minimum absolute atomic E-state index is 0.00871. The van der Waals surface area contributed by atoms with Crippen LogP contribution in [0.5, 0.6) is 0 Å². The van der Waals surface area contributed by atoms with Gasteiger partial charge in [-0.2, -0.15) is 0 Å². The lowest BCUT2D eigenvalue weighted by Crippen LogP contribution is -2.41. The highest BCUT2D eigenvalue weighted by atomic mass is 35.5. The Morgan fingerprint density at radius 1 is 1.26 bits per heavy atom. The number of fused-ring (bicyclic) bond motifs is 1. The van der Waals surface area contributed by atoms with Crippen molar-refractivity contribution < 1.29 is 18.7 Å². The van der Waals surface area contributed by atoms with Gasteiger partial charge in [-0.05, 0) is 37.1 Å². The van der Waals surface area contributed by atoms with Gasteiger partial charge in [0.25, 0.3) is 5.91 Å². The van der Waals surface area contributed by atoms with E-state index in [0.717, 1.165) is 17.3 Å². The molecule has 3 heterocycles. The van der Waals surface area contributed by atoms with Crippen LogP contribution in [-0.2, 0) is 16.1 Å². The van der Waals surface area contributed by atoms with E-state index in [1.54, 1.807) is 12.1 Å². The summed E-state index contributed by atoms with van der Waals surface area (Å²) in [5.41, 5.74) is 1.41. The number of hydrogen-bond donors (Lipinski definition) is 0. The Bertz CT molecular complexity index is 987. The van der Waals surface area contributed by atoms with E-state index in [2.05, 4.69) is 4.98 Å². The molecule has 1 aliphatic heterocycles. The second-order valence-electron chi connectivity index (χ2n) is 6.37. The molecule has 1 saturated heterocycles. The number of halogens is 1. The lowest BCUT2D eigenvalue weighted by molar-refractivity contribution is -0.149. The number of furan rings is 1. The van der Waals surface area contributed by atoms with Crippen LogP contribution in [0.2, 0.25) is 5.15 Å². The summed E-state index contributed by atoms with van der Waals surface area (Å²) in [4.78, 5) is 30.9. The van der Waals surface area contributed by atoms with Crippen molar-refractivity contribution >= 4 is 34.4 Å². The van der Waals surface area contributed by atoms with E-state index in [-0.39, 0.29) is 18.3 Å². The predicted octanol–water partition coefficient (Wildman–Crippen LogP) is 3.83. The number of nitrogens with zero attached hydrogens (tertiary/aromatic N) is 2. The maximum Gasteiger partial charge on any atom is 0.329 e. The lowest BCUT2D eigenvalue weighted by atomic mass is 10.1. The van der Waals surface area contributed by atoms with Crippen molar-refractivity contribution in [3.63, 3.8) is 0 Å². The molecule has 0 saturated carbocycles. The van der Waals surface area contributed by atoms with Gasteiger partial charge in [-0.1, -0.05) is 29.8 Å². The molecule has 7 heteroatoms. The zero-order valence-corrected chi connectivity index (χ0v) is 15.2. The second kappa shape index (κ2) is 7.40. The van der Waals surface area contributed by atoms with Gasteiger partial charge in [0.2, 0.25) is 0 Å². The number of pyridine rings is 1. The van der Waals surface area contributed by atoms with Crippen molar-refractivity contribution in [2.24, 2.45) is 0 Å². The molecular formula is C20H17ClN2O4. The standard InChI is InChI=1S/C20H17ClN2O4/c21-18-14(11-13-5-1-2-6-15(13)22-18)12-27-20(25)16-7-3-9-23(16)19(24)17-8-4-10-26-17/h1-2,4-6,8,10-11,16H,3,7,9,12H2/t16-/m0/s1. The van der Waals surface area contributed by atoms with Gasteiger partial charge >= 0.3 is 5.97 Å².